The summed E-state index contributed by atoms with van der Waals surface area (Å²) in [6.07, 6.45) is 4.01. The van der Waals surface area contributed by atoms with Gasteiger partial charge in [-0.15, -0.1) is 0 Å². The summed E-state index contributed by atoms with van der Waals surface area (Å²) in [6, 6.07) is 18.1. The van der Waals surface area contributed by atoms with Crippen LogP contribution in [0.25, 0.3) is 17.1 Å². The van der Waals surface area contributed by atoms with E-state index in [2.05, 4.69) is 16.2 Å². The van der Waals surface area contributed by atoms with E-state index in [1.807, 2.05) is 79.3 Å². The number of aromatic nitrogens is 3. The van der Waals surface area contributed by atoms with Crippen LogP contribution >= 0.6 is 0 Å². The third-order valence-electron chi connectivity index (χ3n) is 4.05. The minimum atomic E-state index is 0.247. The molecule has 0 fully saturated rings. The minimum Gasteiger partial charge on any atom is -0.484 e. The largest absolute Gasteiger partial charge is 0.484 e. The van der Waals surface area contributed by atoms with Crippen LogP contribution in [0.2, 0.25) is 0 Å². The average Bonchev–Trinajstić information content (AvgIpc) is 3.31. The molecule has 26 heavy (non-hydrogen) atoms. The summed E-state index contributed by atoms with van der Waals surface area (Å²) in [7, 11) is 0. The van der Waals surface area contributed by atoms with E-state index in [0.717, 1.165) is 28.1 Å². The van der Waals surface area contributed by atoms with Crippen LogP contribution in [-0.4, -0.2) is 14.7 Å². The molecule has 4 rings (SSSR count). The molecule has 0 atom stereocenters. The minimum absolute atomic E-state index is 0.247. The Morgan fingerprint density at radius 3 is 2.35 bits per heavy atom. The van der Waals surface area contributed by atoms with Crippen molar-refractivity contribution in [3.05, 3.63) is 84.0 Å². The van der Waals surface area contributed by atoms with Gasteiger partial charge >= 0.3 is 0 Å². The maximum atomic E-state index is 5.77. The molecule has 5 heteroatoms. The molecular weight excluding hydrogens is 326 g/mol. The Labute approximate surface area is 151 Å². The SMILES string of the molecule is Cc1cc(C)cc(OCc2nc(-c3ccc(-n4cccc4)cc3)no2)c1. The Kier molecular flexibility index (Phi) is 4.27. The molecule has 0 unspecified atom stereocenters. The summed E-state index contributed by atoms with van der Waals surface area (Å²) in [4.78, 5) is 4.42. The number of nitrogens with zero attached hydrogens (tertiary/aromatic N) is 3. The number of rotatable bonds is 5. The summed E-state index contributed by atoms with van der Waals surface area (Å²) in [5.74, 6) is 1.81. The number of hydrogen-bond acceptors (Lipinski definition) is 4. The Bertz CT molecular complexity index is 982. The highest BCUT2D eigenvalue weighted by Crippen LogP contribution is 2.20. The number of benzene rings is 2. The fourth-order valence-electron chi connectivity index (χ4n) is 2.88. The molecule has 0 N–H and O–H groups in total. The van der Waals surface area contributed by atoms with Crippen molar-refractivity contribution in [2.24, 2.45) is 0 Å². The lowest BCUT2D eigenvalue weighted by Crippen LogP contribution is -1.96. The van der Waals surface area contributed by atoms with Crippen LogP contribution in [0, 0.1) is 13.8 Å². The molecule has 0 bridgehead atoms. The maximum Gasteiger partial charge on any atom is 0.264 e. The first kappa shape index (κ1) is 16.1. The molecule has 0 saturated carbocycles. The molecule has 0 spiro atoms. The van der Waals surface area contributed by atoms with Crippen LogP contribution in [0.5, 0.6) is 5.75 Å². The van der Waals surface area contributed by atoms with E-state index in [0.29, 0.717) is 11.7 Å². The number of hydrogen-bond donors (Lipinski definition) is 0. The molecule has 2 heterocycles. The van der Waals surface area contributed by atoms with Crippen LogP contribution in [0.1, 0.15) is 17.0 Å². The van der Waals surface area contributed by atoms with Crippen molar-refractivity contribution in [1.82, 2.24) is 14.7 Å². The molecule has 0 aliphatic carbocycles. The first-order valence-electron chi connectivity index (χ1n) is 8.45. The highest BCUT2D eigenvalue weighted by Gasteiger charge is 2.10. The standard InChI is InChI=1S/C21H19N3O2/c1-15-11-16(2)13-19(12-15)25-14-20-22-21(23-26-20)17-5-7-18(8-6-17)24-9-3-4-10-24/h3-13H,14H2,1-2H3. The number of ether oxygens (including phenoxy) is 1. The second kappa shape index (κ2) is 6.88. The Balaban J connectivity index is 1.46. The van der Waals surface area contributed by atoms with Gasteiger partial charge in [-0.3, -0.25) is 0 Å². The van der Waals surface area contributed by atoms with E-state index in [9.17, 15) is 0 Å². The van der Waals surface area contributed by atoms with Crippen LogP contribution in [0.3, 0.4) is 0 Å². The van der Waals surface area contributed by atoms with Gasteiger partial charge in [0.2, 0.25) is 5.82 Å². The molecule has 0 saturated heterocycles. The second-order valence-corrected chi connectivity index (χ2v) is 6.26. The Hall–Kier alpha value is -3.34. The van der Waals surface area contributed by atoms with Gasteiger partial charge in [0.05, 0.1) is 0 Å². The van der Waals surface area contributed by atoms with Gasteiger partial charge in [0.25, 0.3) is 5.89 Å². The fourth-order valence-corrected chi connectivity index (χ4v) is 2.88. The monoisotopic (exact) mass is 345 g/mol. The quantitative estimate of drug-likeness (QED) is 0.525. The number of aryl methyl sites for hydroxylation is 2. The predicted octanol–water partition coefficient (Wildman–Crippen LogP) is 4.72. The van der Waals surface area contributed by atoms with Gasteiger partial charge in [-0.25, -0.2) is 0 Å². The van der Waals surface area contributed by atoms with Crippen LogP contribution < -0.4 is 4.74 Å². The fraction of sp³-hybridized carbons (Fsp3) is 0.143. The van der Waals surface area contributed by atoms with Crippen LogP contribution in [0.15, 0.2) is 71.5 Å². The van der Waals surface area contributed by atoms with Crippen molar-refractivity contribution in [1.29, 1.82) is 0 Å². The molecule has 0 radical (unpaired) electrons. The highest BCUT2D eigenvalue weighted by atomic mass is 16.5. The van der Waals surface area contributed by atoms with Crippen molar-refractivity contribution >= 4 is 0 Å². The third kappa shape index (κ3) is 3.52. The molecule has 130 valence electrons. The first-order chi connectivity index (χ1) is 12.7. The van der Waals surface area contributed by atoms with Crippen molar-refractivity contribution < 1.29 is 9.26 Å². The molecular formula is C21H19N3O2. The first-order valence-corrected chi connectivity index (χ1v) is 8.45. The molecule has 2 aromatic carbocycles. The topological polar surface area (TPSA) is 53.1 Å². The van der Waals surface area contributed by atoms with Gasteiger partial charge in [-0.2, -0.15) is 4.98 Å². The summed E-state index contributed by atoms with van der Waals surface area (Å²) >= 11 is 0. The third-order valence-corrected chi connectivity index (χ3v) is 4.05. The van der Waals surface area contributed by atoms with Crippen LogP contribution in [-0.2, 0) is 6.61 Å². The smallest absolute Gasteiger partial charge is 0.264 e. The maximum absolute atomic E-state index is 5.77. The van der Waals surface area contributed by atoms with Gasteiger partial charge in [0, 0.05) is 23.6 Å². The van der Waals surface area contributed by atoms with Gasteiger partial charge < -0.3 is 13.8 Å². The molecule has 0 aliphatic heterocycles. The average molecular weight is 345 g/mol. The summed E-state index contributed by atoms with van der Waals surface area (Å²) in [5, 5.41) is 4.05. The van der Waals surface area contributed by atoms with Gasteiger partial charge in [0.1, 0.15) is 5.75 Å². The zero-order valence-electron chi connectivity index (χ0n) is 14.7. The van der Waals surface area contributed by atoms with Gasteiger partial charge in [-0.05, 0) is 73.5 Å². The van der Waals surface area contributed by atoms with E-state index in [1.165, 1.54) is 0 Å². The van der Waals surface area contributed by atoms with Gasteiger partial charge in [0.15, 0.2) is 6.61 Å². The van der Waals surface area contributed by atoms with E-state index < -0.39 is 0 Å². The van der Waals surface area contributed by atoms with E-state index in [-0.39, 0.29) is 6.61 Å². The lowest BCUT2D eigenvalue weighted by molar-refractivity contribution is 0.242. The van der Waals surface area contributed by atoms with E-state index in [1.54, 1.807) is 0 Å². The van der Waals surface area contributed by atoms with Crippen molar-refractivity contribution in [2.45, 2.75) is 20.5 Å². The lowest BCUT2D eigenvalue weighted by atomic mass is 10.1. The second-order valence-electron chi connectivity index (χ2n) is 6.26. The molecule has 4 aromatic rings. The van der Waals surface area contributed by atoms with Crippen molar-refractivity contribution in [2.75, 3.05) is 0 Å². The predicted molar refractivity (Wildman–Crippen MR) is 99.3 cm³/mol. The van der Waals surface area contributed by atoms with Crippen LogP contribution in [0.4, 0.5) is 0 Å². The Morgan fingerprint density at radius 2 is 1.65 bits per heavy atom. The molecule has 0 aliphatic rings. The van der Waals surface area contributed by atoms with Crippen molar-refractivity contribution in [3.8, 4) is 22.8 Å². The zero-order valence-corrected chi connectivity index (χ0v) is 14.7. The summed E-state index contributed by atoms with van der Waals surface area (Å²) in [6.45, 7) is 4.33. The Morgan fingerprint density at radius 1 is 0.962 bits per heavy atom. The van der Waals surface area contributed by atoms with Gasteiger partial charge in [-0.1, -0.05) is 11.2 Å². The van der Waals surface area contributed by atoms with Crippen molar-refractivity contribution in [3.63, 3.8) is 0 Å². The molecule has 2 aromatic heterocycles. The zero-order chi connectivity index (χ0) is 17.9. The summed E-state index contributed by atoms with van der Waals surface area (Å²) < 4.78 is 13.1. The highest BCUT2D eigenvalue weighted by molar-refractivity contribution is 5.56. The normalized spacial score (nSPS) is 10.8. The van der Waals surface area contributed by atoms with E-state index in [4.69, 9.17) is 9.26 Å². The molecule has 5 nitrogen and oxygen atoms in total. The molecule has 0 amide bonds. The summed E-state index contributed by atoms with van der Waals surface area (Å²) in [5.41, 5.74) is 4.31. The van der Waals surface area contributed by atoms with E-state index >= 15 is 0 Å². The lowest BCUT2D eigenvalue weighted by Gasteiger charge is -2.05.